The second-order valence-electron chi connectivity index (χ2n) is 4.66. The van der Waals surface area contributed by atoms with Crippen molar-refractivity contribution in [2.75, 3.05) is 32.8 Å². The molecule has 0 radical (unpaired) electrons. The number of carbonyl (C=O) groups is 1. The molecule has 1 heterocycles. The first-order chi connectivity index (χ1) is 8.72. The van der Waals surface area contributed by atoms with Crippen LogP contribution in [0, 0.1) is 0 Å². The molecule has 18 heavy (non-hydrogen) atoms. The van der Waals surface area contributed by atoms with Crippen molar-refractivity contribution in [1.29, 1.82) is 0 Å². The zero-order chi connectivity index (χ0) is 13.0. The first-order valence-electron chi connectivity index (χ1n) is 6.40. The van der Waals surface area contributed by atoms with Gasteiger partial charge in [0.1, 0.15) is 6.61 Å². The number of carbonyl (C=O) groups excluding carboxylic acids is 1. The fraction of sp³-hybridized carbons (Fsp3) is 0.500. The Morgan fingerprint density at radius 3 is 2.39 bits per heavy atom. The van der Waals surface area contributed by atoms with Crippen molar-refractivity contribution in [2.24, 2.45) is 0 Å². The minimum absolute atomic E-state index is 0.165. The van der Waals surface area contributed by atoms with E-state index in [1.54, 1.807) is 4.90 Å². The smallest absolute Gasteiger partial charge is 0.248 e. The molecule has 0 spiro atoms. The molecule has 1 aliphatic rings. The van der Waals surface area contributed by atoms with E-state index in [9.17, 15) is 4.79 Å². The lowest BCUT2D eigenvalue weighted by Crippen LogP contribution is -2.50. The van der Waals surface area contributed by atoms with Crippen LogP contribution < -0.4 is 0 Å². The number of hydrogen-bond acceptors (Lipinski definition) is 3. The van der Waals surface area contributed by atoms with Gasteiger partial charge in [0.15, 0.2) is 0 Å². The van der Waals surface area contributed by atoms with Gasteiger partial charge in [0, 0.05) is 32.2 Å². The molecule has 1 amide bonds. The number of aliphatic hydroxyl groups excluding tert-OH is 1. The number of piperazine rings is 1. The number of hydrogen-bond donors (Lipinski definition) is 1. The summed E-state index contributed by atoms with van der Waals surface area (Å²) in [7, 11) is 0. The van der Waals surface area contributed by atoms with E-state index in [4.69, 9.17) is 5.11 Å². The van der Waals surface area contributed by atoms with Crippen LogP contribution in [0.4, 0.5) is 0 Å². The molecule has 4 nitrogen and oxygen atoms in total. The van der Waals surface area contributed by atoms with E-state index in [0.717, 1.165) is 13.1 Å². The second kappa shape index (κ2) is 5.98. The Morgan fingerprint density at radius 2 is 1.83 bits per heavy atom. The van der Waals surface area contributed by atoms with Crippen molar-refractivity contribution in [3.8, 4) is 0 Å². The van der Waals surface area contributed by atoms with Gasteiger partial charge in [-0.05, 0) is 12.5 Å². The first kappa shape index (κ1) is 13.1. The molecule has 0 bridgehead atoms. The number of amides is 1. The summed E-state index contributed by atoms with van der Waals surface area (Å²) in [6.45, 7) is 4.95. The molecule has 0 aliphatic carbocycles. The van der Waals surface area contributed by atoms with Crippen molar-refractivity contribution >= 4 is 5.91 Å². The Hall–Kier alpha value is -1.39. The van der Waals surface area contributed by atoms with Crippen molar-refractivity contribution in [3.05, 3.63) is 35.9 Å². The largest absolute Gasteiger partial charge is 0.387 e. The predicted molar refractivity (Wildman–Crippen MR) is 70.1 cm³/mol. The lowest BCUT2D eigenvalue weighted by atomic mass is 10.1. The summed E-state index contributed by atoms with van der Waals surface area (Å²) >= 11 is 0. The van der Waals surface area contributed by atoms with Gasteiger partial charge in [-0.1, -0.05) is 30.3 Å². The van der Waals surface area contributed by atoms with Crippen LogP contribution in [0.25, 0.3) is 0 Å². The van der Waals surface area contributed by atoms with E-state index < -0.39 is 0 Å². The highest BCUT2D eigenvalue weighted by atomic mass is 16.3. The van der Waals surface area contributed by atoms with Crippen LogP contribution in [0.5, 0.6) is 0 Å². The van der Waals surface area contributed by atoms with Gasteiger partial charge in [0.2, 0.25) is 5.91 Å². The predicted octanol–water partition coefficient (Wildman–Crippen LogP) is 0.884. The third kappa shape index (κ3) is 2.89. The molecule has 1 unspecified atom stereocenters. The molecule has 1 aromatic rings. The standard InChI is InChI=1S/C14H20N2O2/c1-12(13-5-3-2-4-6-13)15-7-9-16(10-8-15)14(18)11-17/h2-6,12,17H,7-11H2,1H3. The Labute approximate surface area is 108 Å². The Bertz CT molecular complexity index is 386. The summed E-state index contributed by atoms with van der Waals surface area (Å²) < 4.78 is 0. The molecular formula is C14H20N2O2. The SMILES string of the molecule is CC(c1ccccc1)N1CCN(C(=O)CO)CC1. The van der Waals surface area contributed by atoms with Gasteiger partial charge >= 0.3 is 0 Å². The van der Waals surface area contributed by atoms with Crippen LogP contribution in [-0.4, -0.2) is 53.6 Å². The zero-order valence-corrected chi connectivity index (χ0v) is 10.7. The average molecular weight is 248 g/mol. The Balaban J connectivity index is 1.92. The fourth-order valence-corrected chi connectivity index (χ4v) is 2.40. The van der Waals surface area contributed by atoms with E-state index in [0.29, 0.717) is 19.1 Å². The third-order valence-corrected chi connectivity index (χ3v) is 3.63. The minimum Gasteiger partial charge on any atom is -0.387 e. The number of aliphatic hydroxyl groups is 1. The summed E-state index contributed by atoms with van der Waals surface area (Å²) in [4.78, 5) is 15.5. The van der Waals surface area contributed by atoms with Gasteiger partial charge < -0.3 is 10.0 Å². The number of nitrogens with zero attached hydrogens (tertiary/aromatic N) is 2. The quantitative estimate of drug-likeness (QED) is 0.863. The van der Waals surface area contributed by atoms with Gasteiger partial charge in [-0.3, -0.25) is 9.69 Å². The van der Waals surface area contributed by atoms with E-state index in [-0.39, 0.29) is 12.5 Å². The van der Waals surface area contributed by atoms with Crippen molar-refractivity contribution in [2.45, 2.75) is 13.0 Å². The van der Waals surface area contributed by atoms with Crippen LogP contribution in [0.1, 0.15) is 18.5 Å². The van der Waals surface area contributed by atoms with Gasteiger partial charge in [0.05, 0.1) is 0 Å². The summed E-state index contributed by atoms with van der Waals surface area (Å²) in [5, 5.41) is 8.84. The second-order valence-corrected chi connectivity index (χ2v) is 4.66. The van der Waals surface area contributed by atoms with Crippen molar-refractivity contribution < 1.29 is 9.90 Å². The summed E-state index contributed by atoms with van der Waals surface area (Å²) in [6, 6.07) is 10.8. The van der Waals surface area contributed by atoms with E-state index in [1.807, 2.05) is 6.07 Å². The molecule has 98 valence electrons. The Kier molecular flexibility index (Phi) is 4.33. The monoisotopic (exact) mass is 248 g/mol. The summed E-state index contributed by atoms with van der Waals surface area (Å²) in [5.41, 5.74) is 1.31. The van der Waals surface area contributed by atoms with E-state index in [2.05, 4.69) is 36.1 Å². The third-order valence-electron chi connectivity index (χ3n) is 3.63. The first-order valence-corrected chi connectivity index (χ1v) is 6.40. The summed E-state index contributed by atoms with van der Waals surface area (Å²) in [5.74, 6) is -0.165. The maximum absolute atomic E-state index is 11.4. The molecule has 1 saturated heterocycles. The Morgan fingerprint density at radius 1 is 1.22 bits per heavy atom. The maximum atomic E-state index is 11.4. The molecule has 1 aromatic carbocycles. The van der Waals surface area contributed by atoms with Gasteiger partial charge in [-0.2, -0.15) is 0 Å². The van der Waals surface area contributed by atoms with Gasteiger partial charge in [-0.15, -0.1) is 0 Å². The van der Waals surface area contributed by atoms with Crippen LogP contribution in [-0.2, 0) is 4.79 Å². The molecule has 0 saturated carbocycles. The van der Waals surface area contributed by atoms with Crippen molar-refractivity contribution in [3.63, 3.8) is 0 Å². The molecule has 1 N–H and O–H groups in total. The van der Waals surface area contributed by atoms with E-state index >= 15 is 0 Å². The van der Waals surface area contributed by atoms with Crippen LogP contribution in [0.3, 0.4) is 0 Å². The summed E-state index contributed by atoms with van der Waals surface area (Å²) in [6.07, 6.45) is 0. The van der Waals surface area contributed by atoms with Crippen molar-refractivity contribution in [1.82, 2.24) is 9.80 Å². The lowest BCUT2D eigenvalue weighted by molar-refractivity contribution is -0.136. The van der Waals surface area contributed by atoms with Gasteiger partial charge in [0.25, 0.3) is 0 Å². The normalized spacial score (nSPS) is 18.7. The highest BCUT2D eigenvalue weighted by Gasteiger charge is 2.23. The molecule has 1 aliphatic heterocycles. The zero-order valence-electron chi connectivity index (χ0n) is 10.7. The lowest BCUT2D eigenvalue weighted by Gasteiger charge is -2.38. The molecule has 4 heteroatoms. The van der Waals surface area contributed by atoms with Gasteiger partial charge in [-0.25, -0.2) is 0 Å². The molecule has 1 fully saturated rings. The highest BCUT2D eigenvalue weighted by molar-refractivity contribution is 5.77. The molecular weight excluding hydrogens is 228 g/mol. The van der Waals surface area contributed by atoms with Crippen LogP contribution in [0.2, 0.25) is 0 Å². The maximum Gasteiger partial charge on any atom is 0.248 e. The average Bonchev–Trinajstić information content (AvgIpc) is 2.47. The highest BCUT2D eigenvalue weighted by Crippen LogP contribution is 2.21. The number of benzene rings is 1. The van der Waals surface area contributed by atoms with Crippen LogP contribution in [0.15, 0.2) is 30.3 Å². The fourth-order valence-electron chi connectivity index (χ4n) is 2.40. The number of rotatable bonds is 3. The topological polar surface area (TPSA) is 43.8 Å². The van der Waals surface area contributed by atoms with E-state index in [1.165, 1.54) is 5.56 Å². The minimum atomic E-state index is -0.381. The molecule has 2 rings (SSSR count). The molecule has 1 atom stereocenters. The van der Waals surface area contributed by atoms with Crippen LogP contribution >= 0.6 is 0 Å². The molecule has 0 aromatic heterocycles.